The first-order chi connectivity index (χ1) is 5.53. The van der Waals surface area contributed by atoms with Crippen molar-refractivity contribution in [3.63, 3.8) is 0 Å². The number of aliphatic imine (C=N–C) groups is 1. The van der Waals surface area contributed by atoms with Gasteiger partial charge in [-0.15, -0.1) is 0 Å². The zero-order chi connectivity index (χ0) is 9.35. The second kappa shape index (κ2) is 3.30. The predicted molar refractivity (Wildman–Crippen MR) is 55.4 cm³/mol. The van der Waals surface area contributed by atoms with Gasteiger partial charge in [0, 0.05) is 6.26 Å². The van der Waals surface area contributed by atoms with Crippen LogP contribution in [-0.2, 0) is 4.79 Å². The van der Waals surface area contributed by atoms with E-state index >= 15 is 0 Å². The van der Waals surface area contributed by atoms with Gasteiger partial charge in [0.25, 0.3) is 5.91 Å². The van der Waals surface area contributed by atoms with E-state index in [4.69, 9.17) is 0 Å². The minimum Gasteiger partial charge on any atom is -0.271 e. The van der Waals surface area contributed by atoms with Gasteiger partial charge >= 0.3 is 0 Å². The summed E-state index contributed by atoms with van der Waals surface area (Å²) in [5, 5.41) is 0.803. The second-order valence-corrected chi connectivity index (χ2v) is 4.44. The molecule has 1 rings (SSSR count). The van der Waals surface area contributed by atoms with E-state index in [0.29, 0.717) is 0 Å². The van der Waals surface area contributed by atoms with Crippen LogP contribution in [0, 0.1) is 0 Å². The van der Waals surface area contributed by atoms with Crippen molar-refractivity contribution in [2.45, 2.75) is 19.4 Å². The maximum atomic E-state index is 11.6. The summed E-state index contributed by atoms with van der Waals surface area (Å²) in [5.41, 5.74) is -0.568. The third-order valence-electron chi connectivity index (χ3n) is 1.62. The zero-order valence-corrected chi connectivity index (χ0v) is 9.25. The fourth-order valence-corrected chi connectivity index (χ4v) is 2.56. The largest absolute Gasteiger partial charge is 0.271 e. The summed E-state index contributed by atoms with van der Waals surface area (Å²) in [5.74, 6) is 0.0688. The molecule has 1 aliphatic rings. The molecule has 68 valence electrons. The van der Waals surface area contributed by atoms with Crippen molar-refractivity contribution in [1.82, 2.24) is 4.31 Å². The Labute approximate surface area is 81.1 Å². The van der Waals surface area contributed by atoms with E-state index in [9.17, 15) is 4.79 Å². The van der Waals surface area contributed by atoms with Crippen molar-refractivity contribution in [3.8, 4) is 0 Å². The molecule has 1 amide bonds. The number of carbonyl (C=O) groups is 1. The Morgan fingerprint density at radius 1 is 1.42 bits per heavy atom. The van der Waals surface area contributed by atoms with Gasteiger partial charge in [-0.05, 0) is 32.1 Å². The Hall–Kier alpha value is -0.160. The van der Waals surface area contributed by atoms with Crippen LogP contribution < -0.4 is 0 Å². The summed E-state index contributed by atoms with van der Waals surface area (Å²) in [7, 11) is 0. The summed E-state index contributed by atoms with van der Waals surface area (Å²) in [6, 6.07) is 0. The van der Waals surface area contributed by atoms with Crippen molar-refractivity contribution in [3.05, 3.63) is 0 Å². The van der Waals surface area contributed by atoms with Gasteiger partial charge in [0.2, 0.25) is 0 Å². The van der Waals surface area contributed by atoms with Gasteiger partial charge in [0.1, 0.15) is 5.54 Å². The van der Waals surface area contributed by atoms with Crippen molar-refractivity contribution in [2.75, 3.05) is 12.5 Å². The predicted octanol–water partition coefficient (Wildman–Crippen LogP) is 1.60. The van der Waals surface area contributed by atoms with Crippen LogP contribution in [-0.4, -0.2) is 33.4 Å². The molecule has 0 aromatic heterocycles. The fourth-order valence-electron chi connectivity index (χ4n) is 0.957. The van der Waals surface area contributed by atoms with E-state index in [0.717, 1.165) is 5.17 Å². The lowest BCUT2D eigenvalue weighted by atomic mass is 10.1. The Morgan fingerprint density at radius 2 is 2.00 bits per heavy atom. The van der Waals surface area contributed by atoms with Crippen LogP contribution >= 0.6 is 23.7 Å². The average Bonchev–Trinajstić information content (AvgIpc) is 2.24. The van der Waals surface area contributed by atoms with Crippen LogP contribution in [0.4, 0.5) is 0 Å². The summed E-state index contributed by atoms with van der Waals surface area (Å²) in [6.45, 7) is 3.67. The zero-order valence-electron chi connectivity index (χ0n) is 7.62. The maximum absolute atomic E-state index is 11.6. The highest BCUT2D eigenvalue weighted by Gasteiger charge is 2.40. The molecule has 0 aromatic rings. The molecule has 5 heteroatoms. The van der Waals surface area contributed by atoms with Crippen LogP contribution in [0.25, 0.3) is 0 Å². The molecular weight excluding hydrogens is 192 g/mol. The topological polar surface area (TPSA) is 32.7 Å². The number of hydrogen-bond donors (Lipinski definition) is 0. The van der Waals surface area contributed by atoms with Crippen molar-refractivity contribution in [2.24, 2.45) is 4.99 Å². The van der Waals surface area contributed by atoms with E-state index in [1.807, 2.05) is 26.4 Å². The number of amides is 1. The van der Waals surface area contributed by atoms with Crippen LogP contribution in [0.3, 0.4) is 0 Å². The average molecular weight is 204 g/mol. The third kappa shape index (κ3) is 1.47. The van der Waals surface area contributed by atoms with Crippen LogP contribution in [0.2, 0.25) is 0 Å². The highest BCUT2D eigenvalue weighted by atomic mass is 32.2. The smallest absolute Gasteiger partial charge is 0.266 e. The molecule has 0 spiro atoms. The lowest BCUT2D eigenvalue weighted by Gasteiger charge is -2.15. The number of nitrogens with zero attached hydrogens (tertiary/aromatic N) is 2. The second-order valence-electron chi connectivity index (χ2n) is 2.94. The number of thioether (sulfide) groups is 1. The number of amidine groups is 1. The summed E-state index contributed by atoms with van der Waals surface area (Å²) in [4.78, 5) is 15.9. The molecule has 12 heavy (non-hydrogen) atoms. The molecule has 0 N–H and O–H groups in total. The van der Waals surface area contributed by atoms with Crippen LogP contribution in [0.5, 0.6) is 0 Å². The molecule has 0 unspecified atom stereocenters. The summed E-state index contributed by atoms with van der Waals surface area (Å²) >= 11 is 2.91. The maximum Gasteiger partial charge on any atom is 0.266 e. The summed E-state index contributed by atoms with van der Waals surface area (Å²) in [6.07, 6.45) is 3.81. The SMILES string of the molecule is CSC1=NC(C)(C)C(=O)N1SC. The molecule has 0 bridgehead atoms. The van der Waals surface area contributed by atoms with E-state index < -0.39 is 5.54 Å². The number of hydrogen-bond acceptors (Lipinski definition) is 4. The van der Waals surface area contributed by atoms with Gasteiger partial charge in [-0.25, -0.2) is 9.30 Å². The van der Waals surface area contributed by atoms with Crippen molar-refractivity contribution < 1.29 is 4.79 Å². The van der Waals surface area contributed by atoms with Gasteiger partial charge in [-0.2, -0.15) is 0 Å². The first-order valence-electron chi connectivity index (χ1n) is 3.55. The molecule has 3 nitrogen and oxygen atoms in total. The van der Waals surface area contributed by atoms with Crippen molar-refractivity contribution >= 4 is 34.8 Å². The number of rotatable bonds is 1. The number of carbonyl (C=O) groups excluding carboxylic acids is 1. The molecule has 1 aliphatic heterocycles. The molecule has 1 heterocycles. The molecule has 0 saturated carbocycles. The lowest BCUT2D eigenvalue weighted by Crippen LogP contribution is -2.33. The first kappa shape index (κ1) is 9.92. The quantitative estimate of drug-likeness (QED) is 0.608. The van der Waals surface area contributed by atoms with Gasteiger partial charge in [0.05, 0.1) is 0 Å². The minimum atomic E-state index is -0.568. The van der Waals surface area contributed by atoms with Gasteiger partial charge in [-0.3, -0.25) is 4.79 Å². The van der Waals surface area contributed by atoms with Gasteiger partial charge < -0.3 is 0 Å². The van der Waals surface area contributed by atoms with Gasteiger partial charge in [-0.1, -0.05) is 11.8 Å². The fraction of sp³-hybridized carbons (Fsp3) is 0.714. The van der Waals surface area contributed by atoms with Gasteiger partial charge in [0.15, 0.2) is 5.17 Å². The molecular formula is C7H12N2OS2. The van der Waals surface area contributed by atoms with Crippen LogP contribution in [0.15, 0.2) is 4.99 Å². The van der Waals surface area contributed by atoms with E-state index in [2.05, 4.69) is 4.99 Å². The Bertz CT molecular complexity index is 238. The molecule has 0 saturated heterocycles. The Morgan fingerprint density at radius 3 is 2.33 bits per heavy atom. The van der Waals surface area contributed by atoms with E-state index in [1.165, 1.54) is 23.7 Å². The minimum absolute atomic E-state index is 0.0688. The molecule has 0 atom stereocenters. The lowest BCUT2D eigenvalue weighted by molar-refractivity contribution is -0.126. The molecule has 0 radical (unpaired) electrons. The standard InChI is InChI=1S/C7H12N2OS2/c1-7(2)5(10)9(12-4)6(8-7)11-3/h1-4H3. The molecule has 0 fully saturated rings. The molecule has 0 aromatic carbocycles. The Kier molecular flexibility index (Phi) is 2.73. The monoisotopic (exact) mass is 204 g/mol. The van der Waals surface area contributed by atoms with E-state index in [1.54, 1.807) is 4.31 Å². The first-order valence-corrected chi connectivity index (χ1v) is 5.96. The normalized spacial score (nSPS) is 21.5. The highest BCUT2D eigenvalue weighted by Crippen LogP contribution is 2.29. The summed E-state index contributed by atoms with van der Waals surface area (Å²) < 4.78 is 1.64. The third-order valence-corrected chi connectivity index (χ3v) is 3.08. The highest BCUT2D eigenvalue weighted by molar-refractivity contribution is 8.14. The van der Waals surface area contributed by atoms with Crippen molar-refractivity contribution in [1.29, 1.82) is 0 Å². The molecule has 0 aliphatic carbocycles. The van der Waals surface area contributed by atoms with E-state index in [-0.39, 0.29) is 5.91 Å². The van der Waals surface area contributed by atoms with Crippen LogP contribution in [0.1, 0.15) is 13.8 Å². The Balaban J connectivity index is 2.94.